The van der Waals surface area contributed by atoms with E-state index < -0.39 is 6.04 Å². The lowest BCUT2D eigenvalue weighted by molar-refractivity contribution is 0.0971. The number of benzene rings is 2. The quantitative estimate of drug-likeness (QED) is 0.397. The Hall–Kier alpha value is -3.71. The fourth-order valence-electron chi connectivity index (χ4n) is 4.01. The number of anilines is 1. The Balaban J connectivity index is 1.77. The van der Waals surface area contributed by atoms with Crippen molar-refractivity contribution < 1.29 is 13.9 Å². The highest BCUT2D eigenvalue weighted by molar-refractivity contribution is 7.13. The van der Waals surface area contributed by atoms with Crippen molar-refractivity contribution in [3.8, 4) is 5.75 Å². The van der Waals surface area contributed by atoms with Crippen LogP contribution in [0, 0.1) is 13.8 Å². The maximum Gasteiger partial charge on any atom is 0.297 e. The summed E-state index contributed by atoms with van der Waals surface area (Å²) >= 11 is 1.33. The summed E-state index contributed by atoms with van der Waals surface area (Å²) < 4.78 is 11.7. The van der Waals surface area contributed by atoms with E-state index in [1.165, 1.54) is 16.2 Å². The van der Waals surface area contributed by atoms with Crippen molar-refractivity contribution >= 4 is 33.3 Å². The van der Waals surface area contributed by atoms with Gasteiger partial charge >= 0.3 is 0 Å². The number of hydrogen-bond donors (Lipinski definition) is 0. The van der Waals surface area contributed by atoms with Crippen molar-refractivity contribution in [3.63, 3.8) is 0 Å². The third-order valence-corrected chi connectivity index (χ3v) is 6.42. The number of amides is 1. The van der Waals surface area contributed by atoms with Crippen LogP contribution in [0.2, 0.25) is 0 Å². The van der Waals surface area contributed by atoms with Gasteiger partial charge in [0.2, 0.25) is 5.76 Å². The molecule has 1 aliphatic heterocycles. The van der Waals surface area contributed by atoms with Crippen LogP contribution in [0.1, 0.15) is 38.9 Å². The van der Waals surface area contributed by atoms with Gasteiger partial charge in [-0.15, -0.1) is 11.3 Å². The molecule has 0 saturated heterocycles. The number of aryl methyl sites for hydroxylation is 2. The van der Waals surface area contributed by atoms with E-state index in [2.05, 4.69) is 11.6 Å². The molecule has 1 aliphatic rings. The largest absolute Gasteiger partial charge is 0.490 e. The van der Waals surface area contributed by atoms with Gasteiger partial charge in [-0.05, 0) is 54.8 Å². The second kappa shape index (κ2) is 7.76. The average Bonchev–Trinajstić information content (AvgIpc) is 3.41. The molecule has 2 aromatic carbocycles. The summed E-state index contributed by atoms with van der Waals surface area (Å²) in [6, 6.07) is 10.3. The first-order chi connectivity index (χ1) is 15.5. The van der Waals surface area contributed by atoms with Gasteiger partial charge in [-0.25, -0.2) is 4.98 Å². The summed E-state index contributed by atoms with van der Waals surface area (Å²) in [7, 11) is 0. The van der Waals surface area contributed by atoms with Crippen molar-refractivity contribution in [2.75, 3.05) is 11.5 Å². The van der Waals surface area contributed by atoms with Crippen LogP contribution in [0.25, 0.3) is 11.0 Å². The molecular weight excluding hydrogens is 424 g/mol. The highest BCUT2D eigenvalue weighted by Gasteiger charge is 2.44. The molecule has 2 aromatic heterocycles. The van der Waals surface area contributed by atoms with Crippen molar-refractivity contribution in [2.45, 2.75) is 19.9 Å². The molecule has 1 atom stereocenters. The number of aromatic nitrogens is 1. The molecule has 5 rings (SSSR count). The molecule has 3 heterocycles. The fraction of sp³-hybridized carbons (Fsp3) is 0.160. The van der Waals surface area contributed by atoms with Gasteiger partial charge in [0.05, 0.1) is 17.0 Å². The lowest BCUT2D eigenvalue weighted by atomic mass is 9.97. The van der Waals surface area contributed by atoms with Gasteiger partial charge in [0.1, 0.15) is 17.9 Å². The Labute approximate surface area is 188 Å². The number of carbonyl (C=O) groups excluding carboxylic acids is 1. The maximum absolute atomic E-state index is 13.7. The van der Waals surface area contributed by atoms with E-state index in [1.807, 2.05) is 50.2 Å². The standard InChI is InChI=1S/C25H20N2O4S/c1-4-9-30-17-7-5-6-16(13-17)21-20-22(28)18-11-14(2)15(3)12-19(18)31-23(20)24(29)27(21)25-26-8-10-32-25/h4-8,10-13,21H,1,9H2,2-3H3/t21-/m1/s1. The minimum Gasteiger partial charge on any atom is -0.490 e. The van der Waals surface area contributed by atoms with E-state index in [1.54, 1.807) is 17.7 Å². The molecule has 32 heavy (non-hydrogen) atoms. The first-order valence-corrected chi connectivity index (χ1v) is 11.0. The van der Waals surface area contributed by atoms with E-state index >= 15 is 0 Å². The lowest BCUT2D eigenvalue weighted by Crippen LogP contribution is -2.29. The van der Waals surface area contributed by atoms with E-state index in [0.717, 1.165) is 16.7 Å². The summed E-state index contributed by atoms with van der Waals surface area (Å²) in [6.07, 6.45) is 3.30. The predicted octanol–water partition coefficient (Wildman–Crippen LogP) is 5.18. The topological polar surface area (TPSA) is 72.6 Å². The molecule has 6 nitrogen and oxygen atoms in total. The Morgan fingerprint density at radius 3 is 2.78 bits per heavy atom. The second-order valence-corrected chi connectivity index (χ2v) is 8.54. The third-order valence-electron chi connectivity index (χ3n) is 5.65. The van der Waals surface area contributed by atoms with Gasteiger partial charge in [0, 0.05) is 11.6 Å². The summed E-state index contributed by atoms with van der Waals surface area (Å²) in [6.45, 7) is 7.93. The summed E-state index contributed by atoms with van der Waals surface area (Å²) in [4.78, 5) is 33.1. The Bertz CT molecular complexity index is 1420. The number of fused-ring (bicyclic) bond motifs is 2. The lowest BCUT2D eigenvalue weighted by Gasteiger charge is -2.23. The van der Waals surface area contributed by atoms with Crippen LogP contribution in [0.15, 0.2) is 69.8 Å². The van der Waals surface area contributed by atoms with Crippen LogP contribution in [0.4, 0.5) is 5.13 Å². The van der Waals surface area contributed by atoms with E-state index in [0.29, 0.717) is 34.0 Å². The normalized spacial score (nSPS) is 15.2. The van der Waals surface area contributed by atoms with Crippen LogP contribution in [-0.4, -0.2) is 17.5 Å². The SMILES string of the molecule is C=CCOc1cccc([C@@H]2c3c(oc4cc(C)c(C)cc4c3=O)C(=O)N2c2nccs2)c1. The van der Waals surface area contributed by atoms with E-state index in [9.17, 15) is 9.59 Å². The Kier molecular flexibility index (Phi) is 4.90. The minimum atomic E-state index is -0.668. The zero-order chi connectivity index (χ0) is 22.4. The van der Waals surface area contributed by atoms with Crippen LogP contribution >= 0.6 is 11.3 Å². The van der Waals surface area contributed by atoms with Gasteiger partial charge in [-0.2, -0.15) is 0 Å². The molecule has 0 bridgehead atoms. The zero-order valence-electron chi connectivity index (χ0n) is 17.6. The van der Waals surface area contributed by atoms with Crippen molar-refractivity contribution in [3.05, 3.63) is 98.9 Å². The highest BCUT2D eigenvalue weighted by atomic mass is 32.1. The molecule has 160 valence electrons. The number of thiazole rings is 1. The predicted molar refractivity (Wildman–Crippen MR) is 125 cm³/mol. The molecule has 0 fully saturated rings. The van der Waals surface area contributed by atoms with Crippen LogP contribution in [-0.2, 0) is 0 Å². The molecule has 0 N–H and O–H groups in total. The Morgan fingerprint density at radius 1 is 1.22 bits per heavy atom. The number of hydrogen-bond acceptors (Lipinski definition) is 6. The average molecular weight is 445 g/mol. The smallest absolute Gasteiger partial charge is 0.297 e. The highest BCUT2D eigenvalue weighted by Crippen LogP contribution is 2.42. The summed E-state index contributed by atoms with van der Waals surface area (Å²) in [5, 5.41) is 2.76. The first kappa shape index (κ1) is 20.2. The van der Waals surface area contributed by atoms with Crippen molar-refractivity contribution in [1.29, 1.82) is 0 Å². The van der Waals surface area contributed by atoms with Crippen LogP contribution in [0.5, 0.6) is 5.75 Å². The first-order valence-electron chi connectivity index (χ1n) is 10.1. The van der Waals surface area contributed by atoms with E-state index in [4.69, 9.17) is 9.15 Å². The van der Waals surface area contributed by atoms with Gasteiger partial charge in [-0.1, -0.05) is 24.8 Å². The van der Waals surface area contributed by atoms with Gasteiger partial charge in [0.15, 0.2) is 10.6 Å². The summed E-state index contributed by atoms with van der Waals surface area (Å²) in [5.41, 5.74) is 3.24. The third kappa shape index (κ3) is 3.13. The van der Waals surface area contributed by atoms with Gasteiger partial charge in [0.25, 0.3) is 5.91 Å². The monoisotopic (exact) mass is 444 g/mol. The molecule has 7 heteroatoms. The number of carbonyl (C=O) groups is 1. The number of ether oxygens (including phenoxy) is 1. The fourth-order valence-corrected chi connectivity index (χ4v) is 4.67. The van der Waals surface area contributed by atoms with Crippen LogP contribution < -0.4 is 15.1 Å². The Morgan fingerprint density at radius 2 is 2.03 bits per heavy atom. The molecule has 0 saturated carbocycles. The maximum atomic E-state index is 13.7. The molecule has 0 unspecified atom stereocenters. The molecule has 1 amide bonds. The second-order valence-electron chi connectivity index (χ2n) is 7.67. The minimum absolute atomic E-state index is 0.0587. The summed E-state index contributed by atoms with van der Waals surface area (Å²) in [5.74, 6) is 0.303. The number of nitrogens with zero attached hydrogens (tertiary/aromatic N) is 2. The molecule has 0 radical (unpaired) electrons. The molecular formula is C25H20N2O4S. The molecule has 0 spiro atoms. The zero-order valence-corrected chi connectivity index (χ0v) is 18.4. The van der Waals surface area contributed by atoms with Gasteiger partial charge in [-0.3, -0.25) is 14.5 Å². The van der Waals surface area contributed by atoms with Crippen LogP contribution in [0.3, 0.4) is 0 Å². The molecule has 0 aliphatic carbocycles. The molecule has 4 aromatic rings. The van der Waals surface area contributed by atoms with Gasteiger partial charge < -0.3 is 9.15 Å². The number of rotatable bonds is 5. The van der Waals surface area contributed by atoms with E-state index in [-0.39, 0.29) is 17.1 Å². The van der Waals surface area contributed by atoms with Crippen molar-refractivity contribution in [1.82, 2.24) is 4.98 Å². The van der Waals surface area contributed by atoms with Crippen molar-refractivity contribution in [2.24, 2.45) is 0 Å².